The number of thioether (sulfide) groups is 1. The summed E-state index contributed by atoms with van der Waals surface area (Å²) in [6.45, 7) is 2.50. The molecule has 1 aliphatic heterocycles. The number of furan rings is 1. The van der Waals surface area contributed by atoms with Gasteiger partial charge in [-0.15, -0.1) is 0 Å². The van der Waals surface area contributed by atoms with Crippen LogP contribution in [0.15, 0.2) is 63.9 Å². The van der Waals surface area contributed by atoms with Crippen LogP contribution in [-0.4, -0.2) is 16.8 Å². The maximum Gasteiger partial charge on any atom is 0.270 e. The first kappa shape index (κ1) is 21.0. The van der Waals surface area contributed by atoms with Gasteiger partial charge in [-0.25, -0.2) is 0 Å². The SMILES string of the molecule is CCOc1ccc(N2C(=O)/C(=C/c3ccc(-c4cc(Cl)ccc4Cl)o3)SC2=S)cc1. The molecule has 4 nitrogen and oxygen atoms in total. The second kappa shape index (κ2) is 8.86. The lowest BCUT2D eigenvalue weighted by molar-refractivity contribution is -0.113. The quantitative estimate of drug-likeness (QED) is 0.291. The van der Waals surface area contributed by atoms with Crippen LogP contribution in [0.1, 0.15) is 12.7 Å². The Morgan fingerprint density at radius 2 is 1.90 bits per heavy atom. The Bertz CT molecular complexity index is 1160. The Morgan fingerprint density at radius 3 is 2.63 bits per heavy atom. The molecule has 1 saturated heterocycles. The zero-order chi connectivity index (χ0) is 21.3. The van der Waals surface area contributed by atoms with E-state index in [1.54, 1.807) is 36.4 Å². The number of hydrogen-bond acceptors (Lipinski definition) is 5. The van der Waals surface area contributed by atoms with E-state index in [0.29, 0.717) is 48.6 Å². The van der Waals surface area contributed by atoms with E-state index in [9.17, 15) is 4.79 Å². The summed E-state index contributed by atoms with van der Waals surface area (Å²) in [7, 11) is 0. The second-order valence-electron chi connectivity index (χ2n) is 6.27. The lowest BCUT2D eigenvalue weighted by Crippen LogP contribution is -2.27. The summed E-state index contributed by atoms with van der Waals surface area (Å²) in [5.74, 6) is 1.63. The van der Waals surface area contributed by atoms with E-state index in [1.807, 2.05) is 31.2 Å². The van der Waals surface area contributed by atoms with Crippen LogP contribution >= 0.6 is 47.2 Å². The number of anilines is 1. The molecular formula is C22H15Cl2NO3S2. The maximum atomic E-state index is 12.9. The number of halogens is 2. The smallest absolute Gasteiger partial charge is 0.270 e. The molecule has 4 rings (SSSR count). The maximum absolute atomic E-state index is 12.9. The predicted molar refractivity (Wildman–Crippen MR) is 127 cm³/mol. The highest BCUT2D eigenvalue weighted by Crippen LogP contribution is 2.38. The molecule has 152 valence electrons. The first-order chi connectivity index (χ1) is 14.5. The van der Waals surface area contributed by atoms with Gasteiger partial charge in [-0.05, 0) is 61.5 Å². The Morgan fingerprint density at radius 1 is 1.13 bits per heavy atom. The van der Waals surface area contributed by atoms with Gasteiger partial charge in [-0.3, -0.25) is 9.69 Å². The first-order valence-electron chi connectivity index (χ1n) is 9.02. The lowest BCUT2D eigenvalue weighted by Gasteiger charge is -2.15. The van der Waals surface area contributed by atoms with Gasteiger partial charge in [-0.2, -0.15) is 0 Å². The molecule has 2 heterocycles. The van der Waals surface area contributed by atoms with Gasteiger partial charge < -0.3 is 9.15 Å². The van der Waals surface area contributed by atoms with E-state index in [1.165, 1.54) is 16.7 Å². The Hall–Kier alpha value is -2.25. The van der Waals surface area contributed by atoms with Crippen molar-refractivity contribution in [2.24, 2.45) is 0 Å². The van der Waals surface area contributed by atoms with Gasteiger partial charge in [0.15, 0.2) is 4.32 Å². The van der Waals surface area contributed by atoms with E-state index in [2.05, 4.69) is 0 Å². The van der Waals surface area contributed by atoms with E-state index >= 15 is 0 Å². The molecule has 30 heavy (non-hydrogen) atoms. The molecule has 0 spiro atoms. The number of hydrogen-bond donors (Lipinski definition) is 0. The van der Waals surface area contributed by atoms with Crippen molar-refractivity contribution in [2.45, 2.75) is 6.92 Å². The summed E-state index contributed by atoms with van der Waals surface area (Å²) >= 11 is 19.0. The number of amides is 1. The van der Waals surface area contributed by atoms with Gasteiger partial charge in [0, 0.05) is 16.7 Å². The molecule has 8 heteroatoms. The number of thiocarbonyl (C=S) groups is 1. The van der Waals surface area contributed by atoms with Crippen molar-refractivity contribution >= 4 is 69.2 Å². The zero-order valence-corrected chi connectivity index (χ0v) is 18.9. The topological polar surface area (TPSA) is 42.7 Å². The molecule has 0 atom stereocenters. The molecular weight excluding hydrogens is 461 g/mol. The molecule has 0 aliphatic carbocycles. The largest absolute Gasteiger partial charge is 0.494 e. The van der Waals surface area contributed by atoms with Gasteiger partial charge >= 0.3 is 0 Å². The van der Waals surface area contributed by atoms with E-state index in [-0.39, 0.29) is 5.91 Å². The summed E-state index contributed by atoms with van der Waals surface area (Å²) in [6, 6.07) is 16.0. The van der Waals surface area contributed by atoms with Crippen molar-refractivity contribution < 1.29 is 13.9 Å². The summed E-state index contributed by atoms with van der Waals surface area (Å²) in [5.41, 5.74) is 1.38. The fourth-order valence-corrected chi connectivity index (χ4v) is 4.60. The molecule has 0 radical (unpaired) electrons. The molecule has 0 saturated carbocycles. The fourth-order valence-electron chi connectivity index (χ4n) is 2.94. The number of rotatable bonds is 5. The van der Waals surface area contributed by atoms with E-state index in [0.717, 1.165) is 5.75 Å². The summed E-state index contributed by atoms with van der Waals surface area (Å²) in [4.78, 5) is 14.9. The molecule has 1 aromatic heterocycles. The Balaban J connectivity index is 1.58. The van der Waals surface area contributed by atoms with Gasteiger partial charge in [0.2, 0.25) is 0 Å². The number of nitrogens with zero attached hydrogens (tertiary/aromatic N) is 1. The molecule has 0 unspecified atom stereocenters. The predicted octanol–water partition coefficient (Wildman–Crippen LogP) is 7.06. The van der Waals surface area contributed by atoms with Gasteiger partial charge in [-0.1, -0.05) is 47.2 Å². The molecule has 2 aromatic carbocycles. The number of benzene rings is 2. The lowest BCUT2D eigenvalue weighted by atomic mass is 10.2. The van der Waals surface area contributed by atoms with Crippen LogP contribution in [0.25, 0.3) is 17.4 Å². The first-order valence-corrected chi connectivity index (χ1v) is 11.0. The van der Waals surface area contributed by atoms with Crippen molar-refractivity contribution in [3.8, 4) is 17.1 Å². The number of ether oxygens (including phenoxy) is 1. The van der Waals surface area contributed by atoms with E-state index in [4.69, 9.17) is 44.6 Å². The minimum Gasteiger partial charge on any atom is -0.494 e. The highest BCUT2D eigenvalue weighted by atomic mass is 35.5. The normalized spacial score (nSPS) is 15.3. The van der Waals surface area contributed by atoms with Crippen molar-refractivity contribution in [3.05, 3.63) is 75.3 Å². The van der Waals surface area contributed by atoms with E-state index < -0.39 is 0 Å². The molecule has 0 bridgehead atoms. The monoisotopic (exact) mass is 475 g/mol. The van der Waals surface area contributed by atoms with Crippen molar-refractivity contribution in [2.75, 3.05) is 11.5 Å². The highest BCUT2D eigenvalue weighted by Gasteiger charge is 2.33. The van der Waals surface area contributed by atoms with Gasteiger partial charge in [0.05, 0.1) is 22.2 Å². The molecule has 1 fully saturated rings. The third-order valence-corrected chi connectivity index (χ3v) is 6.16. The number of carbonyl (C=O) groups excluding carboxylic acids is 1. The fraction of sp³-hybridized carbons (Fsp3) is 0.0909. The van der Waals surface area contributed by atoms with Crippen molar-refractivity contribution in [1.82, 2.24) is 0 Å². The van der Waals surface area contributed by atoms with Crippen LogP contribution in [0.5, 0.6) is 5.75 Å². The van der Waals surface area contributed by atoms with Crippen LogP contribution < -0.4 is 9.64 Å². The molecule has 3 aromatic rings. The third kappa shape index (κ3) is 4.27. The summed E-state index contributed by atoms with van der Waals surface area (Å²) < 4.78 is 11.8. The zero-order valence-electron chi connectivity index (χ0n) is 15.7. The average molecular weight is 476 g/mol. The molecule has 1 aliphatic rings. The summed E-state index contributed by atoms with van der Waals surface area (Å²) in [5, 5.41) is 1.09. The van der Waals surface area contributed by atoms with Crippen LogP contribution in [0.3, 0.4) is 0 Å². The van der Waals surface area contributed by atoms with Gasteiger partial charge in [0.1, 0.15) is 17.3 Å². The highest BCUT2D eigenvalue weighted by molar-refractivity contribution is 8.27. The standard InChI is InChI=1S/C22H15Cl2NO3S2/c1-2-27-15-6-4-14(5-7-15)25-21(26)20(30-22(25)29)12-16-8-10-19(28-16)17-11-13(23)3-9-18(17)24/h3-12H,2H2,1H3/b20-12-. The van der Waals surface area contributed by atoms with Gasteiger partial charge in [0.25, 0.3) is 5.91 Å². The number of carbonyl (C=O) groups is 1. The molecule has 1 amide bonds. The minimum atomic E-state index is -0.201. The summed E-state index contributed by atoms with van der Waals surface area (Å²) in [6.07, 6.45) is 1.68. The minimum absolute atomic E-state index is 0.201. The second-order valence-corrected chi connectivity index (χ2v) is 8.79. The molecule has 0 N–H and O–H groups in total. The van der Waals surface area contributed by atoms with Crippen molar-refractivity contribution in [3.63, 3.8) is 0 Å². The average Bonchev–Trinajstić information content (AvgIpc) is 3.29. The van der Waals surface area contributed by atoms with Crippen LogP contribution in [0.4, 0.5) is 5.69 Å². The van der Waals surface area contributed by atoms with Crippen LogP contribution in [0, 0.1) is 0 Å². The van der Waals surface area contributed by atoms with Crippen LogP contribution in [0.2, 0.25) is 10.0 Å². The van der Waals surface area contributed by atoms with Crippen LogP contribution in [-0.2, 0) is 4.79 Å². The van der Waals surface area contributed by atoms with Crippen molar-refractivity contribution in [1.29, 1.82) is 0 Å². The third-order valence-electron chi connectivity index (χ3n) is 4.29. The Kier molecular flexibility index (Phi) is 6.20. The Labute approximate surface area is 193 Å².